The van der Waals surface area contributed by atoms with Crippen LogP contribution in [0.5, 0.6) is 5.75 Å². The van der Waals surface area contributed by atoms with Crippen molar-refractivity contribution in [2.75, 3.05) is 38.2 Å². The molecular formula is C15H23N3O4S. The molecule has 1 aromatic carbocycles. The molecule has 2 rings (SSSR count). The number of likely N-dealkylation sites (N-methyl/N-ethyl adjacent to an activating group) is 1. The first kappa shape index (κ1) is 17.6. The molecule has 0 aliphatic carbocycles. The third-order valence-electron chi connectivity index (χ3n) is 3.76. The molecule has 1 amide bonds. The molecular weight excluding hydrogens is 318 g/mol. The normalized spacial score (nSPS) is 21.9. The van der Waals surface area contributed by atoms with Gasteiger partial charge < -0.3 is 15.0 Å². The van der Waals surface area contributed by atoms with Gasteiger partial charge in [0, 0.05) is 26.1 Å². The largest absolute Gasteiger partial charge is 0.486 e. The number of carbonyl (C=O) groups is 1. The Hall–Kier alpha value is -1.80. The van der Waals surface area contributed by atoms with Crippen molar-refractivity contribution in [1.29, 1.82) is 0 Å². The second-order valence-corrected chi connectivity index (χ2v) is 7.68. The summed E-state index contributed by atoms with van der Waals surface area (Å²) in [5.41, 5.74) is 0.635. The fourth-order valence-electron chi connectivity index (χ4n) is 2.66. The average molecular weight is 341 g/mol. The highest BCUT2D eigenvalue weighted by Crippen LogP contribution is 2.34. The Morgan fingerprint density at radius 1 is 1.39 bits per heavy atom. The molecule has 0 saturated heterocycles. The van der Waals surface area contributed by atoms with Crippen molar-refractivity contribution < 1.29 is 17.9 Å². The Morgan fingerprint density at radius 3 is 2.70 bits per heavy atom. The lowest BCUT2D eigenvalue weighted by atomic mass is 10.0. The van der Waals surface area contributed by atoms with Crippen molar-refractivity contribution >= 4 is 21.6 Å². The van der Waals surface area contributed by atoms with Crippen molar-refractivity contribution in [1.82, 2.24) is 10.2 Å². The highest BCUT2D eigenvalue weighted by atomic mass is 32.2. The number of anilines is 1. The topological polar surface area (TPSA) is 87.7 Å². The van der Waals surface area contributed by atoms with E-state index in [9.17, 15) is 13.2 Å². The van der Waals surface area contributed by atoms with E-state index in [1.54, 1.807) is 30.1 Å². The number of fused-ring (bicyclic) bond motifs is 1. The monoisotopic (exact) mass is 341 g/mol. The van der Waals surface area contributed by atoms with Gasteiger partial charge in [0.2, 0.25) is 10.0 Å². The van der Waals surface area contributed by atoms with Gasteiger partial charge in [0.25, 0.3) is 5.91 Å². The van der Waals surface area contributed by atoms with Gasteiger partial charge in [0.1, 0.15) is 6.10 Å². The summed E-state index contributed by atoms with van der Waals surface area (Å²) < 4.78 is 31.6. The number of amides is 1. The van der Waals surface area contributed by atoms with Crippen LogP contribution in [0.2, 0.25) is 0 Å². The van der Waals surface area contributed by atoms with Gasteiger partial charge in [-0.2, -0.15) is 0 Å². The maximum absolute atomic E-state index is 12.6. The van der Waals surface area contributed by atoms with Crippen LogP contribution < -0.4 is 14.8 Å². The van der Waals surface area contributed by atoms with Gasteiger partial charge in [-0.05, 0) is 19.2 Å². The van der Waals surface area contributed by atoms with Gasteiger partial charge in [-0.1, -0.05) is 13.0 Å². The number of carbonyl (C=O) groups excluding carboxylic acids is 1. The molecule has 128 valence electrons. The number of benzene rings is 1. The number of para-hydroxylation sites is 1. The number of rotatable bonds is 4. The molecule has 1 aliphatic heterocycles. The maximum atomic E-state index is 12.6. The summed E-state index contributed by atoms with van der Waals surface area (Å²) in [4.78, 5) is 14.2. The minimum Gasteiger partial charge on any atom is -0.486 e. The van der Waals surface area contributed by atoms with Gasteiger partial charge in [-0.3, -0.25) is 9.52 Å². The molecule has 0 fully saturated rings. The van der Waals surface area contributed by atoms with E-state index in [2.05, 4.69) is 10.0 Å². The summed E-state index contributed by atoms with van der Waals surface area (Å²) in [7, 11) is 0.0853. The van der Waals surface area contributed by atoms with Crippen LogP contribution in [0.15, 0.2) is 18.2 Å². The molecule has 0 aromatic heterocycles. The van der Waals surface area contributed by atoms with Crippen LogP contribution in [-0.2, 0) is 10.0 Å². The highest BCUT2D eigenvalue weighted by molar-refractivity contribution is 7.92. The summed E-state index contributed by atoms with van der Waals surface area (Å²) >= 11 is 0. The van der Waals surface area contributed by atoms with Crippen LogP contribution in [0.1, 0.15) is 17.3 Å². The standard InChI is InChI=1S/C15H23N3O4S/c1-10-9-18(3)15(19)11-6-5-7-12(17-23(4,20)21)14(11)22-13(10)8-16-2/h5-7,10,13,16-17H,8-9H2,1-4H3/t10-,13-/m1/s1. The molecule has 2 N–H and O–H groups in total. The van der Waals surface area contributed by atoms with Crippen LogP contribution in [0, 0.1) is 5.92 Å². The number of nitrogens with zero attached hydrogens (tertiary/aromatic N) is 1. The van der Waals surface area contributed by atoms with Gasteiger partial charge >= 0.3 is 0 Å². The van der Waals surface area contributed by atoms with E-state index in [0.717, 1.165) is 6.26 Å². The first-order valence-electron chi connectivity index (χ1n) is 7.40. The quantitative estimate of drug-likeness (QED) is 0.844. The number of nitrogens with one attached hydrogen (secondary N) is 2. The smallest absolute Gasteiger partial charge is 0.257 e. The molecule has 0 radical (unpaired) electrons. The van der Waals surface area contributed by atoms with E-state index in [-0.39, 0.29) is 29.4 Å². The van der Waals surface area contributed by atoms with E-state index in [4.69, 9.17) is 4.74 Å². The van der Waals surface area contributed by atoms with E-state index < -0.39 is 10.0 Å². The van der Waals surface area contributed by atoms with Gasteiger partial charge in [0.05, 0.1) is 17.5 Å². The van der Waals surface area contributed by atoms with Crippen LogP contribution in [-0.4, -0.2) is 58.8 Å². The zero-order valence-electron chi connectivity index (χ0n) is 13.8. The molecule has 0 bridgehead atoms. The van der Waals surface area contributed by atoms with Crippen molar-refractivity contribution in [3.63, 3.8) is 0 Å². The third kappa shape index (κ3) is 4.14. The molecule has 0 unspecified atom stereocenters. The van der Waals surface area contributed by atoms with Gasteiger partial charge in [0.15, 0.2) is 5.75 Å². The lowest BCUT2D eigenvalue weighted by molar-refractivity contribution is 0.0639. The van der Waals surface area contributed by atoms with Crippen LogP contribution in [0.25, 0.3) is 0 Å². The van der Waals surface area contributed by atoms with E-state index in [0.29, 0.717) is 18.7 Å². The molecule has 7 nitrogen and oxygen atoms in total. The lowest BCUT2D eigenvalue weighted by Crippen LogP contribution is -2.44. The molecule has 0 saturated carbocycles. The van der Waals surface area contributed by atoms with Crippen molar-refractivity contribution in [2.24, 2.45) is 5.92 Å². The highest BCUT2D eigenvalue weighted by Gasteiger charge is 2.30. The Kier molecular flexibility index (Phi) is 5.16. The molecule has 1 aliphatic rings. The van der Waals surface area contributed by atoms with E-state index >= 15 is 0 Å². The Bertz CT molecular complexity index is 690. The molecule has 2 atom stereocenters. The van der Waals surface area contributed by atoms with Crippen molar-refractivity contribution in [3.05, 3.63) is 23.8 Å². The minimum absolute atomic E-state index is 0.0934. The second-order valence-electron chi connectivity index (χ2n) is 5.93. The predicted octanol–water partition coefficient (Wildman–Crippen LogP) is 0.747. The summed E-state index contributed by atoms with van der Waals surface area (Å²) in [6.45, 7) is 3.16. The summed E-state index contributed by atoms with van der Waals surface area (Å²) in [6.07, 6.45) is 0.883. The average Bonchev–Trinajstić information content (AvgIpc) is 2.44. The summed E-state index contributed by atoms with van der Waals surface area (Å²) in [5.74, 6) is 0.185. The molecule has 8 heteroatoms. The number of sulfonamides is 1. The SMILES string of the molecule is CNC[C@H]1Oc2c(NS(C)(=O)=O)cccc2C(=O)N(C)C[C@H]1C. The third-order valence-corrected chi connectivity index (χ3v) is 4.35. The molecule has 23 heavy (non-hydrogen) atoms. The van der Waals surface area contributed by atoms with Crippen molar-refractivity contribution in [3.8, 4) is 5.75 Å². The van der Waals surface area contributed by atoms with Crippen LogP contribution >= 0.6 is 0 Å². The first-order valence-corrected chi connectivity index (χ1v) is 9.29. The fourth-order valence-corrected chi connectivity index (χ4v) is 3.22. The maximum Gasteiger partial charge on any atom is 0.257 e. The van der Waals surface area contributed by atoms with Gasteiger partial charge in [-0.15, -0.1) is 0 Å². The zero-order chi connectivity index (χ0) is 17.2. The van der Waals surface area contributed by atoms with E-state index in [1.165, 1.54) is 0 Å². The second kappa shape index (κ2) is 6.76. The molecule has 1 heterocycles. The van der Waals surface area contributed by atoms with Crippen LogP contribution in [0.4, 0.5) is 5.69 Å². The first-order chi connectivity index (χ1) is 10.7. The number of ether oxygens (including phenoxy) is 1. The van der Waals surface area contributed by atoms with Crippen LogP contribution in [0.3, 0.4) is 0 Å². The molecule has 0 spiro atoms. The Morgan fingerprint density at radius 2 is 2.09 bits per heavy atom. The summed E-state index contributed by atoms with van der Waals surface area (Å²) in [5, 5.41) is 3.07. The minimum atomic E-state index is -3.48. The fraction of sp³-hybridized carbons (Fsp3) is 0.533. The zero-order valence-corrected chi connectivity index (χ0v) is 14.6. The van der Waals surface area contributed by atoms with Crippen molar-refractivity contribution in [2.45, 2.75) is 13.0 Å². The van der Waals surface area contributed by atoms with E-state index in [1.807, 2.05) is 14.0 Å². The number of hydrogen-bond acceptors (Lipinski definition) is 5. The Labute approximate surface area is 137 Å². The predicted molar refractivity (Wildman–Crippen MR) is 89.4 cm³/mol. The number of hydrogen-bond donors (Lipinski definition) is 2. The Balaban J connectivity index is 2.54. The lowest BCUT2D eigenvalue weighted by Gasteiger charge is -2.33. The van der Waals surface area contributed by atoms with Gasteiger partial charge in [-0.25, -0.2) is 8.42 Å². The summed E-state index contributed by atoms with van der Waals surface area (Å²) in [6, 6.07) is 4.88. The molecule has 1 aromatic rings.